The van der Waals surface area contributed by atoms with Crippen LogP contribution in [0, 0.1) is 0 Å². The van der Waals surface area contributed by atoms with Crippen molar-refractivity contribution in [1.82, 2.24) is 24.7 Å². The van der Waals surface area contributed by atoms with Gasteiger partial charge in [-0.25, -0.2) is 9.97 Å². The first-order chi connectivity index (χ1) is 15.9. The highest BCUT2D eigenvalue weighted by molar-refractivity contribution is 5.80. The molecule has 166 valence electrons. The number of carbonyl (C=O) groups excluding carboxylic acids is 1. The Morgan fingerprint density at radius 2 is 1.79 bits per heavy atom. The van der Waals surface area contributed by atoms with Gasteiger partial charge in [0.1, 0.15) is 5.65 Å². The highest BCUT2D eigenvalue weighted by Crippen LogP contribution is 2.30. The number of amides is 1. The monoisotopic (exact) mass is 449 g/mol. The first-order valence-corrected chi connectivity index (χ1v) is 10.2. The van der Waals surface area contributed by atoms with E-state index >= 15 is 0 Å². The van der Waals surface area contributed by atoms with Crippen LogP contribution in [0.15, 0.2) is 79.1 Å². The number of halogens is 3. The lowest BCUT2D eigenvalue weighted by molar-refractivity contribution is -0.144. The summed E-state index contributed by atoms with van der Waals surface area (Å²) in [6, 6.07) is 19.1. The van der Waals surface area contributed by atoms with E-state index in [1.165, 1.54) is 6.07 Å². The number of rotatable bonds is 5. The van der Waals surface area contributed by atoms with E-state index in [9.17, 15) is 18.0 Å². The zero-order chi connectivity index (χ0) is 23.0. The molecule has 6 nitrogen and oxygen atoms in total. The van der Waals surface area contributed by atoms with E-state index in [0.29, 0.717) is 11.3 Å². The normalized spacial score (nSPS) is 12.8. The van der Waals surface area contributed by atoms with Gasteiger partial charge in [0.05, 0.1) is 29.2 Å². The third-order valence-corrected chi connectivity index (χ3v) is 5.30. The van der Waals surface area contributed by atoms with Crippen LogP contribution in [0.2, 0.25) is 0 Å². The smallest absolute Gasteiger partial charge is 0.345 e. The van der Waals surface area contributed by atoms with E-state index in [1.54, 1.807) is 18.3 Å². The quantitative estimate of drug-likeness (QED) is 0.409. The van der Waals surface area contributed by atoms with Crippen molar-refractivity contribution < 1.29 is 18.0 Å². The highest BCUT2D eigenvalue weighted by atomic mass is 19.4. The third-order valence-electron chi connectivity index (χ3n) is 5.30. The molecule has 1 unspecified atom stereocenters. The summed E-state index contributed by atoms with van der Waals surface area (Å²) < 4.78 is 41.0. The zero-order valence-electron chi connectivity index (χ0n) is 17.2. The summed E-state index contributed by atoms with van der Waals surface area (Å²) in [5.74, 6) is -1.31. The molecule has 0 bridgehead atoms. The van der Waals surface area contributed by atoms with Gasteiger partial charge in [-0.15, -0.1) is 0 Å². The average Bonchev–Trinajstić information content (AvgIpc) is 3.41. The molecule has 0 spiro atoms. The van der Waals surface area contributed by atoms with Gasteiger partial charge in [-0.2, -0.15) is 13.2 Å². The highest BCUT2D eigenvalue weighted by Gasteiger charge is 2.34. The van der Waals surface area contributed by atoms with Crippen molar-refractivity contribution in [1.29, 1.82) is 0 Å². The molecule has 0 saturated carbocycles. The fourth-order valence-electron chi connectivity index (χ4n) is 3.79. The number of pyridine rings is 1. The fourth-order valence-corrected chi connectivity index (χ4v) is 3.79. The number of carbonyl (C=O) groups is 1. The van der Waals surface area contributed by atoms with Crippen LogP contribution >= 0.6 is 0 Å². The Hall–Kier alpha value is -4.14. The lowest BCUT2D eigenvalue weighted by atomic mass is 9.98. The standard InChI is InChI=1S/C24H18F3N5O/c25-24(26,27)23-29-18-10-9-16(12-19(18)30-23)22(15-6-2-1-3-7-15)31-21(33)13-17-14-32-11-5-4-8-20(32)28-17/h1-12,14,22H,13H2,(H,29,30)(H,31,33). The Morgan fingerprint density at radius 3 is 2.55 bits per heavy atom. The van der Waals surface area contributed by atoms with Crippen molar-refractivity contribution in [2.24, 2.45) is 0 Å². The molecule has 0 aliphatic heterocycles. The largest absolute Gasteiger partial charge is 0.449 e. The maximum atomic E-state index is 13.0. The third kappa shape index (κ3) is 4.30. The predicted molar refractivity (Wildman–Crippen MR) is 116 cm³/mol. The minimum Gasteiger partial charge on any atom is -0.345 e. The average molecular weight is 449 g/mol. The number of alkyl halides is 3. The van der Waals surface area contributed by atoms with Gasteiger partial charge >= 0.3 is 6.18 Å². The number of aromatic amines is 1. The first kappa shape index (κ1) is 20.7. The minimum atomic E-state index is -4.57. The van der Waals surface area contributed by atoms with Crippen LogP contribution in [0.25, 0.3) is 16.7 Å². The second-order valence-corrected chi connectivity index (χ2v) is 7.65. The molecule has 0 saturated heterocycles. The number of fused-ring (bicyclic) bond motifs is 2. The molecule has 5 aromatic rings. The van der Waals surface area contributed by atoms with Gasteiger partial charge in [-0.3, -0.25) is 4.79 Å². The van der Waals surface area contributed by atoms with Gasteiger partial charge < -0.3 is 14.7 Å². The molecule has 0 aliphatic carbocycles. The Balaban J connectivity index is 1.45. The molecule has 2 N–H and O–H groups in total. The van der Waals surface area contributed by atoms with E-state index in [0.717, 1.165) is 11.2 Å². The second kappa shape index (κ2) is 8.09. The van der Waals surface area contributed by atoms with Gasteiger partial charge in [0.2, 0.25) is 11.7 Å². The molecular formula is C24H18F3N5O. The number of hydrogen-bond donors (Lipinski definition) is 2. The van der Waals surface area contributed by atoms with Gasteiger partial charge in [0.15, 0.2) is 0 Å². The number of H-pyrrole nitrogens is 1. The fraction of sp³-hybridized carbons (Fsp3) is 0.125. The van der Waals surface area contributed by atoms with E-state index in [1.807, 2.05) is 59.1 Å². The lowest BCUT2D eigenvalue weighted by Crippen LogP contribution is -2.30. The summed E-state index contributed by atoms with van der Waals surface area (Å²) in [6.07, 6.45) is -0.858. The predicted octanol–water partition coefficient (Wildman–Crippen LogP) is 4.68. The first-order valence-electron chi connectivity index (χ1n) is 10.2. The molecule has 3 aromatic heterocycles. The summed E-state index contributed by atoms with van der Waals surface area (Å²) in [6.45, 7) is 0. The number of hydrogen-bond acceptors (Lipinski definition) is 3. The molecule has 9 heteroatoms. The molecule has 0 radical (unpaired) electrons. The molecule has 33 heavy (non-hydrogen) atoms. The van der Waals surface area contributed by atoms with Crippen LogP contribution in [0.3, 0.4) is 0 Å². The molecule has 0 aliphatic rings. The number of nitrogens with zero attached hydrogens (tertiary/aromatic N) is 3. The van der Waals surface area contributed by atoms with Crippen LogP contribution in [-0.2, 0) is 17.4 Å². The van der Waals surface area contributed by atoms with Gasteiger partial charge in [0, 0.05) is 12.4 Å². The van der Waals surface area contributed by atoms with Crippen LogP contribution in [0.5, 0.6) is 0 Å². The maximum Gasteiger partial charge on any atom is 0.449 e. The Labute approximate surface area is 186 Å². The summed E-state index contributed by atoms with van der Waals surface area (Å²) >= 11 is 0. The van der Waals surface area contributed by atoms with Crippen LogP contribution < -0.4 is 5.32 Å². The van der Waals surface area contributed by atoms with Crippen molar-refractivity contribution in [3.05, 3.63) is 102 Å². The summed E-state index contributed by atoms with van der Waals surface area (Å²) in [5, 5.41) is 3.00. The Kier molecular flexibility index (Phi) is 5.08. The summed E-state index contributed by atoms with van der Waals surface area (Å²) in [7, 11) is 0. The van der Waals surface area contributed by atoms with Gasteiger partial charge in [0.25, 0.3) is 0 Å². The molecule has 1 amide bonds. The molecule has 3 heterocycles. The molecular weight excluding hydrogens is 431 g/mol. The van der Waals surface area contributed by atoms with Gasteiger partial charge in [-0.1, -0.05) is 42.5 Å². The van der Waals surface area contributed by atoms with Crippen molar-refractivity contribution >= 4 is 22.6 Å². The minimum absolute atomic E-state index is 0.0650. The van der Waals surface area contributed by atoms with Crippen LogP contribution in [0.4, 0.5) is 13.2 Å². The molecule has 5 rings (SSSR count). The number of nitrogens with one attached hydrogen (secondary N) is 2. The SMILES string of the molecule is O=C(Cc1cn2ccccc2n1)NC(c1ccccc1)c1ccc2nc(C(F)(F)F)[nH]c2c1. The van der Waals surface area contributed by atoms with Gasteiger partial charge in [-0.05, 0) is 35.4 Å². The zero-order valence-corrected chi connectivity index (χ0v) is 17.2. The van der Waals surface area contributed by atoms with Crippen molar-refractivity contribution in [3.63, 3.8) is 0 Å². The van der Waals surface area contributed by atoms with E-state index in [2.05, 4.69) is 20.3 Å². The lowest BCUT2D eigenvalue weighted by Gasteiger charge is -2.20. The second-order valence-electron chi connectivity index (χ2n) is 7.65. The number of imidazole rings is 2. The van der Waals surface area contributed by atoms with Crippen molar-refractivity contribution in [3.8, 4) is 0 Å². The topological polar surface area (TPSA) is 75.1 Å². The molecule has 2 aromatic carbocycles. The Bertz CT molecular complexity index is 1410. The number of aromatic nitrogens is 4. The van der Waals surface area contributed by atoms with E-state index in [-0.39, 0.29) is 23.4 Å². The number of benzene rings is 2. The maximum absolute atomic E-state index is 13.0. The van der Waals surface area contributed by atoms with Crippen molar-refractivity contribution in [2.45, 2.75) is 18.6 Å². The molecule has 0 fully saturated rings. The van der Waals surface area contributed by atoms with Crippen molar-refractivity contribution in [2.75, 3.05) is 0 Å². The summed E-state index contributed by atoms with van der Waals surface area (Å²) in [5.41, 5.74) is 3.24. The van der Waals surface area contributed by atoms with Crippen LogP contribution in [0.1, 0.15) is 28.7 Å². The van der Waals surface area contributed by atoms with Crippen LogP contribution in [-0.4, -0.2) is 25.3 Å². The van der Waals surface area contributed by atoms with E-state index in [4.69, 9.17) is 0 Å². The molecule has 1 atom stereocenters. The van der Waals surface area contributed by atoms with E-state index < -0.39 is 18.0 Å². The summed E-state index contributed by atoms with van der Waals surface area (Å²) in [4.78, 5) is 23.3. The Morgan fingerprint density at radius 1 is 1.00 bits per heavy atom.